The second kappa shape index (κ2) is 6.20. The molecule has 0 aromatic carbocycles. The monoisotopic (exact) mass is 252 g/mol. The molecule has 0 aliphatic rings. The first kappa shape index (κ1) is 14.2. The minimum absolute atomic E-state index is 0.0688. The van der Waals surface area contributed by atoms with E-state index in [0.29, 0.717) is 24.5 Å². The van der Waals surface area contributed by atoms with Crippen molar-refractivity contribution in [2.24, 2.45) is 10.9 Å². The van der Waals surface area contributed by atoms with E-state index < -0.39 is 0 Å². The number of aryl methyl sites for hydroxylation is 2. The van der Waals surface area contributed by atoms with E-state index >= 15 is 0 Å². The molecule has 0 saturated heterocycles. The molecule has 6 heteroatoms. The number of nitrogens with zero attached hydrogens (tertiary/aromatic N) is 3. The highest BCUT2D eigenvalue weighted by atomic mass is 16.5. The molecule has 0 saturated carbocycles. The van der Waals surface area contributed by atoms with E-state index in [1.165, 1.54) is 0 Å². The van der Waals surface area contributed by atoms with Crippen LogP contribution in [0.15, 0.2) is 11.2 Å². The lowest BCUT2D eigenvalue weighted by Crippen LogP contribution is -2.28. The second-order valence-corrected chi connectivity index (χ2v) is 4.18. The van der Waals surface area contributed by atoms with E-state index in [1.54, 1.807) is 7.11 Å². The predicted octanol–water partition coefficient (Wildman–Crippen LogP) is 0.876. The molecule has 6 nitrogen and oxygen atoms in total. The summed E-state index contributed by atoms with van der Waals surface area (Å²) in [7, 11) is 3.54. The summed E-state index contributed by atoms with van der Waals surface area (Å²) in [5.41, 5.74) is 8.19. The van der Waals surface area contributed by atoms with Crippen LogP contribution in [0.2, 0.25) is 0 Å². The zero-order valence-corrected chi connectivity index (χ0v) is 11.3. The van der Waals surface area contributed by atoms with Crippen molar-refractivity contribution in [2.45, 2.75) is 13.8 Å². The van der Waals surface area contributed by atoms with Crippen molar-refractivity contribution in [1.29, 1.82) is 0 Å². The quantitative estimate of drug-likeness (QED) is 0.352. The van der Waals surface area contributed by atoms with Gasteiger partial charge in [0.2, 0.25) is 0 Å². The van der Waals surface area contributed by atoms with Crippen LogP contribution in [-0.4, -0.2) is 43.3 Å². The summed E-state index contributed by atoms with van der Waals surface area (Å²) in [6.45, 7) is 5.09. The topological polar surface area (TPSA) is 84.0 Å². The summed E-state index contributed by atoms with van der Waals surface area (Å²) in [5, 5.41) is 11.9. The van der Waals surface area contributed by atoms with Gasteiger partial charge in [-0.2, -0.15) is 0 Å². The van der Waals surface area contributed by atoms with Crippen LogP contribution < -0.4 is 10.6 Å². The Morgan fingerprint density at radius 2 is 2.22 bits per heavy atom. The lowest BCUT2D eigenvalue weighted by molar-refractivity contribution is 0.206. The Labute approximate surface area is 107 Å². The Morgan fingerprint density at radius 1 is 1.56 bits per heavy atom. The van der Waals surface area contributed by atoms with Gasteiger partial charge >= 0.3 is 0 Å². The number of ether oxygens (including phenoxy) is 1. The van der Waals surface area contributed by atoms with E-state index in [9.17, 15) is 0 Å². The third-order valence-electron chi connectivity index (χ3n) is 2.68. The largest absolute Gasteiger partial charge is 0.409 e. The zero-order chi connectivity index (χ0) is 13.7. The average Bonchev–Trinajstić information content (AvgIpc) is 2.34. The highest BCUT2D eigenvalue weighted by Gasteiger charge is 2.16. The number of likely N-dealkylation sites (N-methyl/N-ethyl adjacent to an activating group) is 1. The van der Waals surface area contributed by atoms with E-state index in [4.69, 9.17) is 15.7 Å². The van der Waals surface area contributed by atoms with Crippen molar-refractivity contribution in [3.63, 3.8) is 0 Å². The molecule has 0 spiro atoms. The fourth-order valence-corrected chi connectivity index (χ4v) is 1.79. The smallest absolute Gasteiger partial charge is 0.174 e. The van der Waals surface area contributed by atoms with Crippen molar-refractivity contribution in [3.8, 4) is 0 Å². The number of methoxy groups -OCH3 is 1. The molecule has 0 amide bonds. The van der Waals surface area contributed by atoms with Gasteiger partial charge in [0.25, 0.3) is 0 Å². The van der Waals surface area contributed by atoms with Gasteiger partial charge in [-0.25, -0.2) is 4.98 Å². The fourth-order valence-electron chi connectivity index (χ4n) is 1.79. The number of hydrogen-bond donors (Lipinski definition) is 2. The van der Waals surface area contributed by atoms with Crippen LogP contribution in [0.25, 0.3) is 0 Å². The molecule has 100 valence electrons. The lowest BCUT2D eigenvalue weighted by atomic mass is 10.1. The number of hydrogen-bond acceptors (Lipinski definition) is 5. The molecule has 1 aromatic rings. The Hall–Kier alpha value is -1.82. The molecule has 3 N–H and O–H groups in total. The fraction of sp³-hybridized carbons (Fsp3) is 0.500. The maximum Gasteiger partial charge on any atom is 0.174 e. The standard InChI is InChI=1S/C12H20N4O2/c1-8-7-9(2)14-12(10(8)11(13)15-17)16(3)5-6-18-4/h7,17H,5-6H2,1-4H3,(H2,13,15). The maximum absolute atomic E-state index is 8.86. The number of amidine groups is 1. The summed E-state index contributed by atoms with van der Waals surface area (Å²) in [6.07, 6.45) is 0. The number of nitrogens with two attached hydrogens (primary N) is 1. The Morgan fingerprint density at radius 3 is 2.78 bits per heavy atom. The van der Waals surface area contributed by atoms with Gasteiger partial charge in [0.15, 0.2) is 5.84 Å². The molecule has 1 heterocycles. The molecular weight excluding hydrogens is 232 g/mol. The van der Waals surface area contributed by atoms with Gasteiger partial charge in [-0.1, -0.05) is 5.16 Å². The molecule has 0 unspecified atom stereocenters. The first-order chi connectivity index (χ1) is 8.51. The van der Waals surface area contributed by atoms with Crippen molar-refractivity contribution < 1.29 is 9.94 Å². The first-order valence-electron chi connectivity index (χ1n) is 5.67. The third-order valence-corrected chi connectivity index (χ3v) is 2.68. The molecular formula is C12H20N4O2. The van der Waals surface area contributed by atoms with Crippen molar-refractivity contribution in [1.82, 2.24) is 4.98 Å². The summed E-state index contributed by atoms with van der Waals surface area (Å²) >= 11 is 0. The van der Waals surface area contributed by atoms with Crippen molar-refractivity contribution in [3.05, 3.63) is 22.9 Å². The Balaban J connectivity index is 3.23. The number of rotatable bonds is 5. The molecule has 0 atom stereocenters. The SMILES string of the molecule is COCCN(C)c1nc(C)cc(C)c1C(N)=NO. The first-order valence-corrected chi connectivity index (χ1v) is 5.67. The van der Waals surface area contributed by atoms with Gasteiger partial charge < -0.3 is 20.6 Å². The predicted molar refractivity (Wildman–Crippen MR) is 71.4 cm³/mol. The molecule has 0 radical (unpaired) electrons. The van der Waals surface area contributed by atoms with E-state index in [-0.39, 0.29) is 5.84 Å². The molecule has 0 aliphatic carbocycles. The van der Waals surface area contributed by atoms with Crippen LogP contribution in [0, 0.1) is 13.8 Å². The van der Waals surface area contributed by atoms with E-state index in [1.807, 2.05) is 31.9 Å². The lowest BCUT2D eigenvalue weighted by Gasteiger charge is -2.22. The van der Waals surface area contributed by atoms with Crippen molar-refractivity contribution in [2.75, 3.05) is 32.2 Å². The molecule has 1 rings (SSSR count). The van der Waals surface area contributed by atoms with Crippen LogP contribution >= 0.6 is 0 Å². The number of pyridine rings is 1. The molecule has 0 aliphatic heterocycles. The second-order valence-electron chi connectivity index (χ2n) is 4.18. The molecule has 0 fully saturated rings. The highest BCUT2D eigenvalue weighted by molar-refractivity contribution is 6.02. The third kappa shape index (κ3) is 3.10. The minimum atomic E-state index is 0.0688. The van der Waals surface area contributed by atoms with Crippen molar-refractivity contribution >= 4 is 11.7 Å². The van der Waals surface area contributed by atoms with Crippen LogP contribution in [0.3, 0.4) is 0 Å². The van der Waals surface area contributed by atoms with Gasteiger partial charge in [-0.05, 0) is 25.5 Å². The summed E-state index contributed by atoms with van der Waals surface area (Å²) in [5.74, 6) is 0.763. The van der Waals surface area contributed by atoms with Gasteiger partial charge in [-0.15, -0.1) is 0 Å². The van der Waals surface area contributed by atoms with Crippen LogP contribution in [0.1, 0.15) is 16.8 Å². The Bertz CT molecular complexity index is 446. The normalized spacial score (nSPS) is 11.7. The molecule has 0 bridgehead atoms. The number of aromatic nitrogens is 1. The van der Waals surface area contributed by atoms with Crippen LogP contribution in [-0.2, 0) is 4.74 Å². The van der Waals surface area contributed by atoms with Gasteiger partial charge in [-0.3, -0.25) is 0 Å². The number of anilines is 1. The number of oxime groups is 1. The Kier molecular flexibility index (Phi) is 4.91. The van der Waals surface area contributed by atoms with Crippen LogP contribution in [0.4, 0.5) is 5.82 Å². The minimum Gasteiger partial charge on any atom is -0.409 e. The summed E-state index contributed by atoms with van der Waals surface area (Å²) in [6, 6.07) is 1.90. The van der Waals surface area contributed by atoms with Gasteiger partial charge in [0, 0.05) is 26.4 Å². The average molecular weight is 252 g/mol. The van der Waals surface area contributed by atoms with Gasteiger partial charge in [0.1, 0.15) is 5.82 Å². The highest BCUT2D eigenvalue weighted by Crippen LogP contribution is 2.21. The van der Waals surface area contributed by atoms with E-state index in [2.05, 4.69) is 10.1 Å². The summed E-state index contributed by atoms with van der Waals surface area (Å²) < 4.78 is 5.04. The van der Waals surface area contributed by atoms with Crippen LogP contribution in [0.5, 0.6) is 0 Å². The molecule has 1 aromatic heterocycles. The zero-order valence-electron chi connectivity index (χ0n) is 11.3. The van der Waals surface area contributed by atoms with E-state index in [0.717, 1.165) is 11.3 Å². The summed E-state index contributed by atoms with van der Waals surface area (Å²) in [4.78, 5) is 6.38. The molecule has 18 heavy (non-hydrogen) atoms. The maximum atomic E-state index is 8.86. The van der Waals surface area contributed by atoms with Gasteiger partial charge in [0.05, 0.1) is 12.2 Å².